The summed E-state index contributed by atoms with van der Waals surface area (Å²) >= 11 is 0. The summed E-state index contributed by atoms with van der Waals surface area (Å²) in [6, 6.07) is 2.52. The third-order valence-electron chi connectivity index (χ3n) is 6.94. The monoisotopic (exact) mass is 435 g/mol. The van der Waals surface area contributed by atoms with Crippen LogP contribution in [0.5, 0.6) is 0 Å². The number of nitrogens with one attached hydrogen (secondary N) is 1. The Morgan fingerprint density at radius 3 is 2.61 bits per heavy atom. The number of nitrogens with zero attached hydrogens (tertiary/aromatic N) is 4. The van der Waals surface area contributed by atoms with Gasteiger partial charge in [0.15, 0.2) is 5.82 Å². The Kier molecular flexibility index (Phi) is 5.29. The van der Waals surface area contributed by atoms with E-state index in [4.69, 9.17) is 9.72 Å². The van der Waals surface area contributed by atoms with Crippen LogP contribution in [0.25, 0.3) is 11.4 Å². The number of alkyl halides is 3. The molecule has 0 aromatic carbocycles. The maximum absolute atomic E-state index is 12.8. The lowest BCUT2D eigenvalue weighted by Crippen LogP contribution is -2.32. The molecule has 3 heterocycles. The van der Waals surface area contributed by atoms with Crippen LogP contribution >= 0.6 is 0 Å². The van der Waals surface area contributed by atoms with Gasteiger partial charge in [0, 0.05) is 36.9 Å². The number of rotatable bonds is 4. The first kappa shape index (κ1) is 20.9. The fourth-order valence-corrected chi connectivity index (χ4v) is 5.37. The molecule has 1 N–H and O–H groups in total. The van der Waals surface area contributed by atoms with Gasteiger partial charge in [-0.2, -0.15) is 18.3 Å². The Hall–Kier alpha value is -2.00. The van der Waals surface area contributed by atoms with Gasteiger partial charge in [-0.05, 0) is 69.5 Å². The lowest BCUT2D eigenvalue weighted by atomic mass is 9.93. The average Bonchev–Trinajstić information content (AvgIpc) is 3.07. The summed E-state index contributed by atoms with van der Waals surface area (Å²) in [5, 5.41) is 8.11. The van der Waals surface area contributed by atoms with Gasteiger partial charge in [-0.3, -0.25) is 4.98 Å². The van der Waals surface area contributed by atoms with Crippen LogP contribution in [0.4, 0.5) is 13.2 Å². The molecule has 5 rings (SSSR count). The van der Waals surface area contributed by atoms with Crippen molar-refractivity contribution in [1.29, 1.82) is 0 Å². The van der Waals surface area contributed by atoms with Crippen LogP contribution in [0.2, 0.25) is 0 Å². The molecule has 168 valence electrons. The molecular weight excluding hydrogens is 407 g/mol. The zero-order valence-corrected chi connectivity index (χ0v) is 17.8. The molecule has 9 heteroatoms. The minimum Gasteiger partial charge on any atom is -0.377 e. The molecule has 0 bridgehead atoms. The summed E-state index contributed by atoms with van der Waals surface area (Å²) in [4.78, 5) is 8.34. The number of halogens is 3. The third kappa shape index (κ3) is 3.98. The second kappa shape index (κ2) is 7.85. The molecule has 0 radical (unpaired) electrons. The van der Waals surface area contributed by atoms with Crippen LogP contribution < -0.4 is 5.32 Å². The molecule has 31 heavy (non-hydrogen) atoms. The Morgan fingerprint density at radius 2 is 1.97 bits per heavy atom. The highest BCUT2D eigenvalue weighted by atomic mass is 19.4. The molecule has 0 spiro atoms. The molecule has 1 aliphatic heterocycles. The number of pyridine rings is 1. The molecule has 3 aliphatic rings. The fourth-order valence-electron chi connectivity index (χ4n) is 5.37. The van der Waals surface area contributed by atoms with Crippen LogP contribution in [0.3, 0.4) is 0 Å². The summed E-state index contributed by atoms with van der Waals surface area (Å²) in [5.41, 5.74) is -0.395. The van der Waals surface area contributed by atoms with E-state index in [1.165, 1.54) is 12.3 Å². The number of aromatic nitrogens is 4. The molecule has 1 saturated heterocycles. The molecule has 2 aliphatic carbocycles. The lowest BCUT2D eigenvalue weighted by Gasteiger charge is -2.24. The van der Waals surface area contributed by atoms with Crippen molar-refractivity contribution >= 4 is 0 Å². The maximum atomic E-state index is 12.8. The Balaban J connectivity index is 1.33. The summed E-state index contributed by atoms with van der Waals surface area (Å²) in [7, 11) is 0. The van der Waals surface area contributed by atoms with E-state index in [1.54, 1.807) is 0 Å². The highest BCUT2D eigenvalue weighted by molar-refractivity contribution is 5.53. The molecule has 2 saturated carbocycles. The van der Waals surface area contributed by atoms with E-state index in [-0.39, 0.29) is 6.04 Å². The van der Waals surface area contributed by atoms with Gasteiger partial charge in [-0.1, -0.05) is 0 Å². The first-order chi connectivity index (χ1) is 14.8. The number of hydrogen-bond donors (Lipinski definition) is 1. The van der Waals surface area contributed by atoms with Gasteiger partial charge >= 0.3 is 6.18 Å². The molecule has 0 amide bonds. The van der Waals surface area contributed by atoms with E-state index in [0.29, 0.717) is 41.2 Å². The van der Waals surface area contributed by atoms with Crippen LogP contribution in [0.1, 0.15) is 56.6 Å². The summed E-state index contributed by atoms with van der Waals surface area (Å²) in [5.74, 6) is 3.56. The Labute approximate surface area is 179 Å². The van der Waals surface area contributed by atoms with E-state index in [9.17, 15) is 13.2 Å². The third-order valence-corrected chi connectivity index (χ3v) is 6.94. The number of hydrogen-bond acceptors (Lipinski definition) is 5. The predicted molar refractivity (Wildman–Crippen MR) is 108 cm³/mol. The van der Waals surface area contributed by atoms with Gasteiger partial charge in [-0.25, -0.2) is 9.67 Å². The summed E-state index contributed by atoms with van der Waals surface area (Å²) in [6.07, 6.45) is 0.415. The van der Waals surface area contributed by atoms with Gasteiger partial charge in [0.1, 0.15) is 11.5 Å². The second-order valence-electron chi connectivity index (χ2n) is 9.31. The lowest BCUT2D eigenvalue weighted by molar-refractivity contribution is -0.141. The maximum Gasteiger partial charge on any atom is 0.433 e. The van der Waals surface area contributed by atoms with E-state index in [2.05, 4.69) is 29.2 Å². The molecule has 6 nitrogen and oxygen atoms in total. The molecule has 3 unspecified atom stereocenters. The predicted octanol–water partition coefficient (Wildman–Crippen LogP) is 4.06. The highest BCUT2D eigenvalue weighted by Gasteiger charge is 2.59. The first-order valence-electron chi connectivity index (χ1n) is 11.2. The van der Waals surface area contributed by atoms with Crippen LogP contribution in [0, 0.1) is 17.8 Å². The SMILES string of the molecule is CC(C)n1nc(-c2ccc(C(F)(F)F)nc2)nc1C1[C@H]2CC(C3CNCCCO3)C[C@@H]12. The topological polar surface area (TPSA) is 64.9 Å². The zero-order valence-electron chi connectivity index (χ0n) is 17.8. The molecule has 3 fully saturated rings. The van der Waals surface area contributed by atoms with Crippen molar-refractivity contribution in [1.82, 2.24) is 25.1 Å². The summed E-state index contributed by atoms with van der Waals surface area (Å²) in [6.45, 7) is 6.90. The van der Waals surface area contributed by atoms with Gasteiger partial charge in [0.05, 0.1) is 6.10 Å². The van der Waals surface area contributed by atoms with Gasteiger partial charge in [-0.15, -0.1) is 0 Å². The molecule has 2 aromatic heterocycles. The minimum absolute atomic E-state index is 0.130. The van der Waals surface area contributed by atoms with Crippen molar-refractivity contribution in [3.8, 4) is 11.4 Å². The van der Waals surface area contributed by atoms with E-state index in [1.807, 2.05) is 4.68 Å². The average molecular weight is 435 g/mol. The Morgan fingerprint density at radius 1 is 1.19 bits per heavy atom. The van der Waals surface area contributed by atoms with Crippen LogP contribution in [0.15, 0.2) is 18.3 Å². The summed E-state index contributed by atoms with van der Waals surface area (Å²) < 4.78 is 46.5. The molecule has 2 aromatic rings. The fraction of sp³-hybridized carbons (Fsp3) is 0.682. The van der Waals surface area contributed by atoms with E-state index in [0.717, 1.165) is 50.8 Å². The van der Waals surface area contributed by atoms with Gasteiger partial charge in [0.2, 0.25) is 0 Å². The minimum atomic E-state index is -4.45. The molecule has 5 atom stereocenters. The second-order valence-corrected chi connectivity index (χ2v) is 9.31. The quantitative estimate of drug-likeness (QED) is 0.785. The van der Waals surface area contributed by atoms with E-state index >= 15 is 0 Å². The number of fused-ring (bicyclic) bond motifs is 1. The Bertz CT molecular complexity index is 906. The van der Waals surface area contributed by atoms with Crippen molar-refractivity contribution in [2.75, 3.05) is 19.7 Å². The van der Waals surface area contributed by atoms with Gasteiger partial charge in [0.25, 0.3) is 0 Å². The van der Waals surface area contributed by atoms with Crippen molar-refractivity contribution in [3.63, 3.8) is 0 Å². The number of ether oxygens (including phenoxy) is 1. The van der Waals surface area contributed by atoms with Crippen molar-refractivity contribution < 1.29 is 17.9 Å². The van der Waals surface area contributed by atoms with Gasteiger partial charge < -0.3 is 10.1 Å². The largest absolute Gasteiger partial charge is 0.433 e. The van der Waals surface area contributed by atoms with Crippen LogP contribution in [-0.2, 0) is 10.9 Å². The van der Waals surface area contributed by atoms with Crippen molar-refractivity contribution in [2.24, 2.45) is 17.8 Å². The highest BCUT2D eigenvalue weighted by Crippen LogP contribution is 2.65. The normalized spacial score (nSPS) is 31.0. The zero-order chi connectivity index (χ0) is 21.8. The standard InChI is InChI=1S/C22H28F3N5O/c1-12(2)30-21(28-20(29-30)13-4-5-18(27-10-13)22(23,24)25)19-15-8-14(9-16(15)19)17-11-26-6-3-7-31-17/h4-5,10,12,14-17,19,26H,3,6-9,11H2,1-2H3/t14?,15-,16+,17?,19?. The van der Waals surface area contributed by atoms with Crippen LogP contribution in [-0.4, -0.2) is 45.5 Å². The smallest absolute Gasteiger partial charge is 0.377 e. The van der Waals surface area contributed by atoms with Crippen molar-refractivity contribution in [3.05, 3.63) is 29.8 Å². The van der Waals surface area contributed by atoms with E-state index < -0.39 is 11.9 Å². The van der Waals surface area contributed by atoms with Crippen molar-refractivity contribution in [2.45, 2.75) is 57.3 Å². The molecular formula is C22H28F3N5O. The first-order valence-corrected chi connectivity index (χ1v) is 11.2.